The fraction of sp³-hybridized carbons (Fsp3) is 0.625. The first-order valence-corrected chi connectivity index (χ1v) is 3.66. The van der Waals surface area contributed by atoms with Gasteiger partial charge in [0.1, 0.15) is 0 Å². The van der Waals surface area contributed by atoms with Crippen LogP contribution in [0.5, 0.6) is 0 Å². The Morgan fingerprint density at radius 1 is 1.73 bits per heavy atom. The molecule has 1 unspecified atom stereocenters. The van der Waals surface area contributed by atoms with Gasteiger partial charge in [0.15, 0.2) is 0 Å². The lowest BCUT2D eigenvalue weighted by Crippen LogP contribution is -2.18. The summed E-state index contributed by atoms with van der Waals surface area (Å²) in [5, 5.41) is 8.48. The normalized spacial score (nSPS) is 14.6. The minimum atomic E-state index is -0.790. The summed E-state index contributed by atoms with van der Waals surface area (Å²) in [5.41, 5.74) is 6.44. The predicted octanol–water partition coefficient (Wildman–Crippen LogP) is 1.00. The molecule has 3 nitrogen and oxygen atoms in total. The monoisotopic (exact) mass is 157 g/mol. The molecule has 0 saturated carbocycles. The lowest BCUT2D eigenvalue weighted by atomic mass is 9.97. The van der Waals surface area contributed by atoms with Crippen molar-refractivity contribution >= 4 is 5.97 Å². The van der Waals surface area contributed by atoms with Gasteiger partial charge in [-0.1, -0.05) is 11.6 Å². The number of aliphatic carboxylic acids is 1. The Hall–Kier alpha value is -0.830. The standard InChI is InChI=1S/C8H15NO2/c1-3-6(2)7(5-9)4-8(10)11/h3,7H,4-5,9H2,1-2H3,(H,10,11)/b6-3-. The molecular formula is C8H15NO2. The van der Waals surface area contributed by atoms with E-state index >= 15 is 0 Å². The fourth-order valence-corrected chi connectivity index (χ4v) is 0.877. The van der Waals surface area contributed by atoms with E-state index in [1.165, 1.54) is 0 Å². The van der Waals surface area contributed by atoms with E-state index in [4.69, 9.17) is 10.8 Å². The van der Waals surface area contributed by atoms with Crippen LogP contribution < -0.4 is 5.73 Å². The molecule has 0 aliphatic heterocycles. The lowest BCUT2D eigenvalue weighted by molar-refractivity contribution is -0.137. The van der Waals surface area contributed by atoms with Gasteiger partial charge in [0.2, 0.25) is 0 Å². The van der Waals surface area contributed by atoms with Gasteiger partial charge in [-0.15, -0.1) is 0 Å². The summed E-state index contributed by atoms with van der Waals surface area (Å²) in [4.78, 5) is 10.3. The molecule has 0 aromatic rings. The van der Waals surface area contributed by atoms with Gasteiger partial charge < -0.3 is 10.8 Å². The van der Waals surface area contributed by atoms with Crippen molar-refractivity contribution in [1.82, 2.24) is 0 Å². The highest BCUT2D eigenvalue weighted by Crippen LogP contribution is 2.12. The molecule has 0 rings (SSSR count). The highest BCUT2D eigenvalue weighted by atomic mass is 16.4. The number of hydrogen-bond acceptors (Lipinski definition) is 2. The second-order valence-corrected chi connectivity index (χ2v) is 2.56. The first-order valence-electron chi connectivity index (χ1n) is 3.66. The Balaban J connectivity index is 4.06. The van der Waals surface area contributed by atoms with Crippen LogP contribution in [-0.2, 0) is 4.79 Å². The van der Waals surface area contributed by atoms with Gasteiger partial charge in [0.05, 0.1) is 6.42 Å². The van der Waals surface area contributed by atoms with Gasteiger partial charge in [-0.3, -0.25) is 4.79 Å². The van der Waals surface area contributed by atoms with Crippen molar-refractivity contribution in [2.75, 3.05) is 6.54 Å². The average Bonchev–Trinajstić information content (AvgIpc) is 1.98. The maximum atomic E-state index is 10.3. The molecule has 64 valence electrons. The van der Waals surface area contributed by atoms with Crippen LogP contribution in [0.1, 0.15) is 20.3 Å². The molecule has 0 fully saturated rings. The second-order valence-electron chi connectivity index (χ2n) is 2.56. The van der Waals surface area contributed by atoms with E-state index in [-0.39, 0.29) is 12.3 Å². The zero-order valence-electron chi connectivity index (χ0n) is 7.00. The molecular weight excluding hydrogens is 142 g/mol. The number of rotatable bonds is 4. The summed E-state index contributed by atoms with van der Waals surface area (Å²) < 4.78 is 0. The van der Waals surface area contributed by atoms with Crippen molar-refractivity contribution in [2.24, 2.45) is 11.7 Å². The molecule has 3 N–H and O–H groups in total. The summed E-state index contributed by atoms with van der Waals surface area (Å²) in [6.45, 7) is 4.20. The summed E-state index contributed by atoms with van der Waals surface area (Å²) in [6.07, 6.45) is 2.03. The van der Waals surface area contributed by atoms with Gasteiger partial charge in [-0.05, 0) is 20.4 Å². The number of carboxylic acids is 1. The first-order chi connectivity index (χ1) is 5.11. The Bertz CT molecular complexity index is 163. The maximum Gasteiger partial charge on any atom is 0.303 e. The van der Waals surface area contributed by atoms with Gasteiger partial charge >= 0.3 is 5.97 Å². The highest BCUT2D eigenvalue weighted by Gasteiger charge is 2.11. The number of carboxylic acid groups (broad SMARTS) is 1. The fourth-order valence-electron chi connectivity index (χ4n) is 0.877. The van der Waals surface area contributed by atoms with Crippen LogP contribution in [0.15, 0.2) is 11.6 Å². The summed E-state index contributed by atoms with van der Waals surface area (Å²) in [5.74, 6) is -0.792. The Kier molecular flexibility index (Phi) is 4.54. The molecule has 0 aromatic heterocycles. The third-order valence-corrected chi connectivity index (χ3v) is 1.80. The highest BCUT2D eigenvalue weighted by molar-refractivity contribution is 5.67. The lowest BCUT2D eigenvalue weighted by Gasteiger charge is -2.11. The topological polar surface area (TPSA) is 63.3 Å². The number of carbonyl (C=O) groups is 1. The van der Waals surface area contributed by atoms with Crippen molar-refractivity contribution in [3.63, 3.8) is 0 Å². The molecule has 11 heavy (non-hydrogen) atoms. The molecule has 0 saturated heterocycles. The maximum absolute atomic E-state index is 10.3. The number of allylic oxidation sites excluding steroid dienone is 1. The number of nitrogens with two attached hydrogens (primary N) is 1. The molecule has 0 aromatic carbocycles. The minimum Gasteiger partial charge on any atom is -0.481 e. The SMILES string of the molecule is C/C=C(/C)C(CN)CC(=O)O. The first kappa shape index (κ1) is 10.2. The van der Waals surface area contributed by atoms with Crippen molar-refractivity contribution in [2.45, 2.75) is 20.3 Å². The van der Waals surface area contributed by atoms with E-state index in [0.717, 1.165) is 5.57 Å². The number of hydrogen-bond donors (Lipinski definition) is 2. The molecule has 0 heterocycles. The van der Waals surface area contributed by atoms with Crippen molar-refractivity contribution in [3.05, 3.63) is 11.6 Å². The molecule has 0 bridgehead atoms. The summed E-state index contributed by atoms with van der Waals surface area (Å²) in [7, 11) is 0. The molecule has 0 amide bonds. The van der Waals surface area contributed by atoms with Crippen LogP contribution in [0, 0.1) is 5.92 Å². The van der Waals surface area contributed by atoms with Crippen LogP contribution in [0.2, 0.25) is 0 Å². The molecule has 0 aliphatic rings. The van der Waals surface area contributed by atoms with E-state index in [9.17, 15) is 4.79 Å². The van der Waals surface area contributed by atoms with Crippen LogP contribution in [0.3, 0.4) is 0 Å². The van der Waals surface area contributed by atoms with Crippen LogP contribution >= 0.6 is 0 Å². The van der Waals surface area contributed by atoms with E-state index in [1.807, 2.05) is 19.9 Å². The third kappa shape index (κ3) is 3.78. The molecule has 1 atom stereocenters. The third-order valence-electron chi connectivity index (χ3n) is 1.80. The Labute approximate surface area is 66.9 Å². The van der Waals surface area contributed by atoms with E-state index in [2.05, 4.69) is 0 Å². The smallest absolute Gasteiger partial charge is 0.303 e. The molecule has 0 aliphatic carbocycles. The van der Waals surface area contributed by atoms with Crippen LogP contribution in [-0.4, -0.2) is 17.6 Å². The largest absolute Gasteiger partial charge is 0.481 e. The van der Waals surface area contributed by atoms with E-state index in [1.54, 1.807) is 0 Å². The Morgan fingerprint density at radius 2 is 2.27 bits per heavy atom. The van der Waals surface area contributed by atoms with Crippen LogP contribution in [0.25, 0.3) is 0 Å². The molecule has 0 radical (unpaired) electrons. The van der Waals surface area contributed by atoms with Crippen molar-refractivity contribution in [1.29, 1.82) is 0 Å². The average molecular weight is 157 g/mol. The minimum absolute atomic E-state index is 0.00231. The van der Waals surface area contributed by atoms with E-state index in [0.29, 0.717) is 6.54 Å². The Morgan fingerprint density at radius 3 is 2.55 bits per heavy atom. The second kappa shape index (κ2) is 4.91. The zero-order valence-corrected chi connectivity index (χ0v) is 7.00. The summed E-state index contributed by atoms with van der Waals surface area (Å²) >= 11 is 0. The zero-order chi connectivity index (χ0) is 8.85. The van der Waals surface area contributed by atoms with E-state index < -0.39 is 5.97 Å². The van der Waals surface area contributed by atoms with Crippen molar-refractivity contribution < 1.29 is 9.90 Å². The molecule has 3 heteroatoms. The van der Waals surface area contributed by atoms with Gasteiger partial charge in [-0.25, -0.2) is 0 Å². The predicted molar refractivity (Wildman–Crippen MR) is 44.2 cm³/mol. The molecule has 0 spiro atoms. The van der Waals surface area contributed by atoms with Crippen LogP contribution in [0.4, 0.5) is 0 Å². The van der Waals surface area contributed by atoms with Gasteiger partial charge in [0.25, 0.3) is 0 Å². The van der Waals surface area contributed by atoms with Crippen molar-refractivity contribution in [3.8, 4) is 0 Å². The quantitative estimate of drug-likeness (QED) is 0.598. The van der Waals surface area contributed by atoms with Gasteiger partial charge in [-0.2, -0.15) is 0 Å². The summed E-state index contributed by atoms with van der Waals surface area (Å²) in [6, 6.07) is 0. The van der Waals surface area contributed by atoms with Gasteiger partial charge in [0, 0.05) is 5.92 Å².